The van der Waals surface area contributed by atoms with Crippen LogP contribution in [0, 0.1) is 13.8 Å². The quantitative estimate of drug-likeness (QED) is 0.133. The third-order valence-electron chi connectivity index (χ3n) is 8.02. The number of amides is 2. The molecule has 0 radical (unpaired) electrons. The zero-order valence-corrected chi connectivity index (χ0v) is 30.6. The molecule has 6 rings (SSSR count). The first-order valence-electron chi connectivity index (χ1n) is 16.6. The number of rotatable bonds is 11. The minimum atomic E-state index is -4.78. The van der Waals surface area contributed by atoms with Crippen molar-refractivity contribution in [2.24, 2.45) is 4.99 Å². The Hall–Kier alpha value is -5.80. The molecule has 5 aromatic rings. The molecule has 10 nitrogen and oxygen atoms in total. The van der Waals surface area contributed by atoms with Gasteiger partial charge in [-0.2, -0.15) is 0 Å². The highest BCUT2D eigenvalue weighted by Crippen LogP contribution is 2.31. The lowest BCUT2D eigenvalue weighted by atomic mass is 10.1. The van der Waals surface area contributed by atoms with Crippen LogP contribution >= 0.6 is 24.0 Å². The van der Waals surface area contributed by atoms with Gasteiger partial charge in [0.05, 0.1) is 23.2 Å². The van der Waals surface area contributed by atoms with Crippen molar-refractivity contribution < 1.29 is 32.2 Å². The van der Waals surface area contributed by atoms with Crippen LogP contribution in [0.2, 0.25) is 0 Å². The Morgan fingerprint density at radius 3 is 2.50 bits per heavy atom. The van der Waals surface area contributed by atoms with Crippen molar-refractivity contribution in [3.05, 3.63) is 132 Å². The number of benzene rings is 4. The zero-order chi connectivity index (χ0) is 38.2. The summed E-state index contributed by atoms with van der Waals surface area (Å²) in [6.07, 6.45) is -0.172. The number of alkyl carbamates (subject to hydrolysis) is 1. The number of thiocarbonyl (C=S) groups is 1. The number of anilines is 1. The van der Waals surface area contributed by atoms with E-state index in [4.69, 9.17) is 17.0 Å². The standard InChI is InChI=1S/C39H33F3N6O4S2/c1-25-8-9-26(2)33(20-25)48-35(49)23-54-37(48)45-34(53)21-30(44-38(50)51-22-28-6-4-3-5-7-28)15-12-27-10-13-29(14-11-27)36-43-24-47(46-36)31-16-18-32(19-17-31)52-39(40,41)42/h3-20,24,30H,21-23H2,1-2H3,(H,44,50)/b15-12-,45-37?. The van der Waals surface area contributed by atoms with Crippen molar-refractivity contribution in [2.45, 2.75) is 39.3 Å². The maximum Gasteiger partial charge on any atom is 0.573 e. The molecule has 0 saturated carbocycles. The summed E-state index contributed by atoms with van der Waals surface area (Å²) in [5.41, 5.74) is 5.55. The second-order valence-corrected chi connectivity index (χ2v) is 13.6. The number of alkyl halides is 3. The van der Waals surface area contributed by atoms with E-state index in [9.17, 15) is 22.8 Å². The number of ether oxygens (including phenoxy) is 2. The van der Waals surface area contributed by atoms with E-state index in [1.54, 1.807) is 11.0 Å². The molecule has 1 aliphatic heterocycles. The van der Waals surface area contributed by atoms with Gasteiger partial charge < -0.3 is 14.8 Å². The third kappa shape index (κ3) is 10.2. The van der Waals surface area contributed by atoms with Crippen LogP contribution in [0.5, 0.6) is 5.75 Å². The SMILES string of the molecule is Cc1ccc(C)c(N2C(=O)CSC2=NC(=S)CC(/C=C\c2ccc(-c3ncn(-c4ccc(OC(F)(F)F)cc4)n3)cc2)NC(=O)OCc2ccccc2)c1. The molecule has 1 aromatic heterocycles. The average molecular weight is 771 g/mol. The number of hydrogen-bond acceptors (Lipinski definition) is 8. The number of hydrogen-bond donors (Lipinski definition) is 1. The van der Waals surface area contributed by atoms with Crippen LogP contribution in [0.3, 0.4) is 0 Å². The van der Waals surface area contributed by atoms with E-state index in [0.717, 1.165) is 27.9 Å². The molecule has 4 aromatic carbocycles. The molecule has 276 valence electrons. The van der Waals surface area contributed by atoms with Crippen LogP contribution in [-0.2, 0) is 16.1 Å². The normalized spacial score (nSPS) is 14.4. The van der Waals surface area contributed by atoms with Crippen LogP contribution < -0.4 is 15.0 Å². The average Bonchev–Trinajstić information content (AvgIpc) is 3.78. The van der Waals surface area contributed by atoms with Crippen molar-refractivity contribution in [3.8, 4) is 22.8 Å². The number of nitrogens with one attached hydrogen (secondary N) is 1. The summed E-state index contributed by atoms with van der Waals surface area (Å²) in [6.45, 7) is 3.98. The highest BCUT2D eigenvalue weighted by molar-refractivity contribution is 8.15. The van der Waals surface area contributed by atoms with Crippen LogP contribution in [0.15, 0.2) is 114 Å². The Bertz CT molecular complexity index is 2190. The predicted molar refractivity (Wildman–Crippen MR) is 207 cm³/mol. The first-order valence-corrected chi connectivity index (χ1v) is 18.0. The van der Waals surface area contributed by atoms with E-state index < -0.39 is 18.5 Å². The summed E-state index contributed by atoms with van der Waals surface area (Å²) in [6, 6.07) is 27.2. The topological polar surface area (TPSA) is 111 Å². The summed E-state index contributed by atoms with van der Waals surface area (Å²) in [5, 5.41) is 7.81. The van der Waals surface area contributed by atoms with Crippen LogP contribution in [-0.4, -0.2) is 55.1 Å². The van der Waals surface area contributed by atoms with Gasteiger partial charge in [-0.1, -0.05) is 103 Å². The van der Waals surface area contributed by atoms with Gasteiger partial charge in [0.1, 0.15) is 23.7 Å². The summed E-state index contributed by atoms with van der Waals surface area (Å²) in [4.78, 5) is 36.7. The van der Waals surface area contributed by atoms with Crippen LogP contribution in [0.25, 0.3) is 23.2 Å². The number of carbonyl (C=O) groups is 2. The van der Waals surface area contributed by atoms with Crippen molar-refractivity contribution in [1.82, 2.24) is 20.1 Å². The van der Waals surface area contributed by atoms with E-state index in [2.05, 4.69) is 25.1 Å². The molecule has 1 aliphatic rings. The smallest absolute Gasteiger partial charge is 0.445 e. The Kier molecular flexibility index (Phi) is 11.9. The molecule has 1 atom stereocenters. The van der Waals surface area contributed by atoms with E-state index in [0.29, 0.717) is 27.2 Å². The molecule has 1 fully saturated rings. The van der Waals surface area contributed by atoms with Gasteiger partial charge in [0.15, 0.2) is 11.0 Å². The van der Waals surface area contributed by atoms with Crippen molar-refractivity contribution in [2.75, 3.05) is 10.7 Å². The molecule has 1 N–H and O–H groups in total. The second-order valence-electron chi connectivity index (χ2n) is 12.1. The van der Waals surface area contributed by atoms with E-state index in [-0.39, 0.29) is 30.4 Å². The summed E-state index contributed by atoms with van der Waals surface area (Å²) in [7, 11) is 0. The molecule has 54 heavy (non-hydrogen) atoms. The van der Waals surface area contributed by atoms with E-state index in [1.165, 1.54) is 47.0 Å². The Morgan fingerprint density at radius 2 is 1.78 bits per heavy atom. The summed E-state index contributed by atoms with van der Waals surface area (Å²) >= 11 is 7.01. The largest absolute Gasteiger partial charge is 0.573 e. The van der Waals surface area contributed by atoms with Crippen molar-refractivity contribution in [3.63, 3.8) is 0 Å². The molecule has 2 amide bonds. The fourth-order valence-corrected chi connectivity index (χ4v) is 6.57. The summed E-state index contributed by atoms with van der Waals surface area (Å²) in [5.74, 6) is 0.218. The van der Waals surface area contributed by atoms with Crippen LogP contribution in [0.1, 0.15) is 28.7 Å². The highest BCUT2D eigenvalue weighted by atomic mass is 32.2. The maximum atomic E-state index is 12.9. The molecule has 0 spiro atoms. The number of nitrogens with zero attached hydrogens (tertiary/aromatic N) is 5. The lowest BCUT2D eigenvalue weighted by Crippen LogP contribution is -2.35. The highest BCUT2D eigenvalue weighted by Gasteiger charge is 2.32. The summed E-state index contributed by atoms with van der Waals surface area (Å²) < 4.78 is 48.4. The van der Waals surface area contributed by atoms with Gasteiger partial charge >= 0.3 is 12.5 Å². The Labute approximate surface area is 318 Å². The number of amidine groups is 1. The molecule has 1 saturated heterocycles. The van der Waals surface area contributed by atoms with Gasteiger partial charge in [0, 0.05) is 12.0 Å². The fourth-order valence-electron chi connectivity index (χ4n) is 5.36. The monoisotopic (exact) mass is 770 g/mol. The Morgan fingerprint density at radius 1 is 1.04 bits per heavy atom. The zero-order valence-electron chi connectivity index (χ0n) is 29.0. The molecule has 15 heteroatoms. The lowest BCUT2D eigenvalue weighted by molar-refractivity contribution is -0.274. The van der Waals surface area contributed by atoms with E-state index >= 15 is 0 Å². The molecule has 0 aliphatic carbocycles. The third-order valence-corrected chi connectivity index (χ3v) is 9.20. The number of carbonyl (C=O) groups excluding carboxylic acids is 2. The minimum Gasteiger partial charge on any atom is -0.445 e. The minimum absolute atomic E-state index is 0.0858. The van der Waals surface area contributed by atoms with Gasteiger partial charge in [0.2, 0.25) is 5.91 Å². The first kappa shape index (κ1) is 37.9. The number of thioether (sulfide) groups is 1. The number of aromatic nitrogens is 3. The molecule has 0 bridgehead atoms. The van der Waals surface area contributed by atoms with Gasteiger partial charge in [-0.3, -0.25) is 9.69 Å². The molecule has 2 heterocycles. The van der Waals surface area contributed by atoms with Crippen LogP contribution in [0.4, 0.5) is 23.7 Å². The first-order chi connectivity index (χ1) is 25.9. The molecular weight excluding hydrogens is 738 g/mol. The lowest BCUT2D eigenvalue weighted by Gasteiger charge is -2.20. The Balaban J connectivity index is 1.16. The van der Waals surface area contributed by atoms with Crippen molar-refractivity contribution in [1.29, 1.82) is 0 Å². The number of halogens is 3. The predicted octanol–water partition coefficient (Wildman–Crippen LogP) is 8.61. The number of aliphatic imine (C=N–C) groups is 1. The molecular formula is C39H33F3N6O4S2. The molecule has 1 unspecified atom stereocenters. The van der Waals surface area contributed by atoms with Gasteiger partial charge in [-0.15, -0.1) is 18.3 Å². The van der Waals surface area contributed by atoms with Gasteiger partial charge in [0.25, 0.3) is 0 Å². The van der Waals surface area contributed by atoms with Gasteiger partial charge in [-0.25, -0.2) is 19.5 Å². The number of aryl methyl sites for hydroxylation is 2. The van der Waals surface area contributed by atoms with Crippen molar-refractivity contribution >= 4 is 57.9 Å². The maximum absolute atomic E-state index is 12.9. The van der Waals surface area contributed by atoms with E-state index in [1.807, 2.05) is 92.7 Å². The fraction of sp³-hybridized carbons (Fsp3) is 0.179. The van der Waals surface area contributed by atoms with Gasteiger partial charge in [-0.05, 0) is 66.4 Å². The second kappa shape index (κ2) is 16.9.